The van der Waals surface area contributed by atoms with Crippen LogP contribution < -0.4 is 0 Å². The molecule has 0 heterocycles. The van der Waals surface area contributed by atoms with Crippen LogP contribution in [0.5, 0.6) is 0 Å². The number of unbranched alkanes of at least 4 members (excludes halogenated alkanes) is 20. The van der Waals surface area contributed by atoms with Crippen molar-refractivity contribution in [3.8, 4) is 0 Å². The van der Waals surface area contributed by atoms with E-state index in [-0.39, 0.29) is 31.1 Å². The Labute approximate surface area is 400 Å². The third-order valence-corrected chi connectivity index (χ3v) is 11.1. The number of allylic oxidation sites excluding steroid dienone is 16. The minimum Gasteiger partial charge on any atom is -0.462 e. The summed E-state index contributed by atoms with van der Waals surface area (Å²) in [7, 11) is 0. The molecule has 0 saturated carbocycles. The predicted octanol–water partition coefficient (Wildman–Crippen LogP) is 17.8. The number of esters is 3. The minimum absolute atomic E-state index is 0.0869. The van der Waals surface area contributed by atoms with Crippen LogP contribution >= 0.6 is 0 Å². The van der Waals surface area contributed by atoms with Gasteiger partial charge >= 0.3 is 17.9 Å². The Morgan fingerprint density at radius 1 is 0.323 bits per heavy atom. The Balaban J connectivity index is 4.15. The number of carbonyl (C=O) groups excluding carboxylic acids is 3. The summed E-state index contributed by atoms with van der Waals surface area (Å²) in [5.41, 5.74) is 0. The van der Waals surface area contributed by atoms with E-state index in [1.54, 1.807) is 0 Å². The molecule has 0 aliphatic heterocycles. The summed E-state index contributed by atoms with van der Waals surface area (Å²) in [6.45, 7) is 6.39. The quantitative estimate of drug-likeness (QED) is 0.0262. The zero-order valence-corrected chi connectivity index (χ0v) is 42.2. The maximum atomic E-state index is 12.7. The second kappa shape index (κ2) is 52.9. The fourth-order valence-electron chi connectivity index (χ4n) is 7.06. The van der Waals surface area contributed by atoms with Crippen LogP contribution in [0.25, 0.3) is 0 Å². The van der Waals surface area contributed by atoms with E-state index in [2.05, 4.69) is 118 Å². The lowest BCUT2D eigenvalue weighted by atomic mass is 10.1. The maximum Gasteiger partial charge on any atom is 0.306 e. The Kier molecular flexibility index (Phi) is 50.0. The SMILES string of the molecule is CC/C=C\C/C=C\C/C=C\C/C=C\C/C=C\C/C=C\CCCCCCCCCCC(=O)OCC(COC(=O)CCCCCCC)OC(=O)CCCCCCC/C=C\C/C=C\CCCCC. The van der Waals surface area contributed by atoms with Gasteiger partial charge in [0.25, 0.3) is 0 Å². The second-order valence-corrected chi connectivity index (χ2v) is 17.4. The molecule has 0 aliphatic rings. The molecule has 0 aromatic rings. The van der Waals surface area contributed by atoms with Crippen molar-refractivity contribution < 1.29 is 28.6 Å². The van der Waals surface area contributed by atoms with Crippen LogP contribution in [0.3, 0.4) is 0 Å². The molecular formula is C59H98O6. The summed E-state index contributed by atoms with van der Waals surface area (Å²) < 4.78 is 16.7. The molecule has 6 heteroatoms. The van der Waals surface area contributed by atoms with E-state index in [9.17, 15) is 14.4 Å². The van der Waals surface area contributed by atoms with Gasteiger partial charge in [0.05, 0.1) is 0 Å². The molecule has 0 radical (unpaired) electrons. The number of rotatable bonds is 47. The Bertz CT molecular complexity index is 1310. The second-order valence-electron chi connectivity index (χ2n) is 17.4. The number of hydrogen-bond acceptors (Lipinski definition) is 6. The minimum atomic E-state index is -0.784. The van der Waals surface area contributed by atoms with E-state index in [0.29, 0.717) is 19.3 Å². The third-order valence-electron chi connectivity index (χ3n) is 11.1. The van der Waals surface area contributed by atoms with Crippen LogP contribution in [-0.4, -0.2) is 37.2 Å². The highest BCUT2D eigenvalue weighted by atomic mass is 16.6. The van der Waals surface area contributed by atoms with Crippen LogP contribution in [0.2, 0.25) is 0 Å². The summed E-state index contributed by atoms with van der Waals surface area (Å²) in [6.07, 6.45) is 70.0. The summed E-state index contributed by atoms with van der Waals surface area (Å²) in [5, 5.41) is 0. The van der Waals surface area contributed by atoms with Gasteiger partial charge in [0, 0.05) is 19.3 Å². The highest BCUT2D eigenvalue weighted by molar-refractivity contribution is 5.71. The average molecular weight is 903 g/mol. The van der Waals surface area contributed by atoms with Gasteiger partial charge in [0.2, 0.25) is 0 Å². The van der Waals surface area contributed by atoms with Gasteiger partial charge in [-0.05, 0) is 103 Å². The van der Waals surface area contributed by atoms with E-state index in [1.165, 1.54) is 64.2 Å². The summed E-state index contributed by atoms with van der Waals surface area (Å²) >= 11 is 0. The lowest BCUT2D eigenvalue weighted by molar-refractivity contribution is -0.167. The van der Waals surface area contributed by atoms with E-state index >= 15 is 0 Å². The van der Waals surface area contributed by atoms with Crippen molar-refractivity contribution in [3.63, 3.8) is 0 Å². The molecule has 0 amide bonds. The molecule has 0 aliphatic carbocycles. The highest BCUT2D eigenvalue weighted by Crippen LogP contribution is 2.14. The van der Waals surface area contributed by atoms with Gasteiger partial charge in [0.15, 0.2) is 6.10 Å². The lowest BCUT2D eigenvalue weighted by Gasteiger charge is -2.18. The van der Waals surface area contributed by atoms with Crippen molar-refractivity contribution in [1.82, 2.24) is 0 Å². The lowest BCUT2D eigenvalue weighted by Crippen LogP contribution is -2.30. The van der Waals surface area contributed by atoms with Crippen molar-refractivity contribution in [2.24, 2.45) is 0 Å². The van der Waals surface area contributed by atoms with Gasteiger partial charge in [-0.15, -0.1) is 0 Å². The first-order valence-electron chi connectivity index (χ1n) is 26.7. The van der Waals surface area contributed by atoms with E-state index in [0.717, 1.165) is 135 Å². The molecule has 1 atom stereocenters. The average Bonchev–Trinajstić information content (AvgIpc) is 3.30. The van der Waals surface area contributed by atoms with Crippen LogP contribution in [0, 0.1) is 0 Å². The van der Waals surface area contributed by atoms with Gasteiger partial charge in [-0.2, -0.15) is 0 Å². The molecular weight excluding hydrogens is 805 g/mol. The monoisotopic (exact) mass is 903 g/mol. The fraction of sp³-hybridized carbons (Fsp3) is 0.678. The van der Waals surface area contributed by atoms with Crippen LogP contribution in [0.4, 0.5) is 0 Å². The molecule has 0 fully saturated rings. The molecule has 0 saturated heterocycles. The number of carbonyl (C=O) groups is 3. The Hall–Kier alpha value is -3.67. The smallest absolute Gasteiger partial charge is 0.306 e. The first-order valence-corrected chi connectivity index (χ1v) is 26.7. The van der Waals surface area contributed by atoms with Gasteiger partial charge in [-0.3, -0.25) is 14.4 Å². The summed E-state index contributed by atoms with van der Waals surface area (Å²) in [6, 6.07) is 0. The standard InChI is InChI=1S/C59H98O6/c1-4-7-10-13-15-17-19-21-23-24-25-26-27-28-29-30-31-32-33-34-36-37-39-41-43-46-49-52-58(61)64-55-56(54-63-57(60)51-48-45-12-9-6-3)65-59(62)53-50-47-44-42-40-38-35-22-20-18-16-14-11-8-5-2/h7,10,15-18,21-23,25-26,28-29,31-32,35,56H,4-6,8-9,11-14,19-20,24,27,30,33-34,36-55H2,1-3H3/b10-7-,17-15-,18-16-,23-21-,26-25-,29-28-,32-31-,35-22-. The third kappa shape index (κ3) is 51.2. The van der Waals surface area contributed by atoms with Gasteiger partial charge in [-0.1, -0.05) is 214 Å². The van der Waals surface area contributed by atoms with E-state index in [4.69, 9.17) is 14.2 Å². The molecule has 0 bridgehead atoms. The van der Waals surface area contributed by atoms with Crippen LogP contribution in [0.15, 0.2) is 97.2 Å². The Morgan fingerprint density at radius 3 is 0.969 bits per heavy atom. The van der Waals surface area contributed by atoms with Gasteiger partial charge in [-0.25, -0.2) is 0 Å². The predicted molar refractivity (Wildman–Crippen MR) is 279 cm³/mol. The summed E-state index contributed by atoms with van der Waals surface area (Å²) in [5.74, 6) is -0.926. The number of ether oxygens (including phenoxy) is 3. The zero-order valence-electron chi connectivity index (χ0n) is 42.2. The topological polar surface area (TPSA) is 78.9 Å². The van der Waals surface area contributed by atoms with Crippen molar-refractivity contribution in [2.45, 2.75) is 245 Å². The van der Waals surface area contributed by atoms with Gasteiger partial charge in [0.1, 0.15) is 13.2 Å². The fourth-order valence-corrected chi connectivity index (χ4v) is 7.06. The van der Waals surface area contributed by atoms with Gasteiger partial charge < -0.3 is 14.2 Å². The first kappa shape index (κ1) is 61.3. The number of hydrogen-bond donors (Lipinski definition) is 0. The van der Waals surface area contributed by atoms with Crippen molar-refractivity contribution >= 4 is 17.9 Å². The molecule has 0 aromatic heterocycles. The maximum absolute atomic E-state index is 12.7. The Morgan fingerprint density at radius 2 is 0.600 bits per heavy atom. The van der Waals surface area contributed by atoms with Crippen LogP contribution in [0.1, 0.15) is 239 Å². The van der Waals surface area contributed by atoms with Crippen LogP contribution in [-0.2, 0) is 28.6 Å². The van der Waals surface area contributed by atoms with E-state index < -0.39 is 6.10 Å². The molecule has 0 rings (SSSR count). The molecule has 0 spiro atoms. The molecule has 1 unspecified atom stereocenters. The first-order chi connectivity index (χ1) is 32.0. The highest BCUT2D eigenvalue weighted by Gasteiger charge is 2.19. The molecule has 370 valence electrons. The zero-order chi connectivity index (χ0) is 47.2. The molecule has 6 nitrogen and oxygen atoms in total. The normalized spacial score (nSPS) is 12.8. The van der Waals surface area contributed by atoms with Crippen molar-refractivity contribution in [2.75, 3.05) is 13.2 Å². The van der Waals surface area contributed by atoms with E-state index in [1.807, 2.05) is 0 Å². The molecule has 65 heavy (non-hydrogen) atoms. The van der Waals surface area contributed by atoms with Crippen molar-refractivity contribution in [1.29, 1.82) is 0 Å². The largest absolute Gasteiger partial charge is 0.462 e. The van der Waals surface area contributed by atoms with Crippen molar-refractivity contribution in [3.05, 3.63) is 97.2 Å². The molecule has 0 aromatic carbocycles. The molecule has 0 N–H and O–H groups in total. The summed E-state index contributed by atoms with van der Waals surface area (Å²) in [4.78, 5) is 37.7.